The van der Waals surface area contributed by atoms with E-state index in [0.29, 0.717) is 5.82 Å². The molecule has 118 valence electrons. The third kappa shape index (κ3) is 2.79. The second kappa shape index (κ2) is 6.11. The molecular formula is C18H12ClN3OS. The highest BCUT2D eigenvalue weighted by atomic mass is 35.5. The molecule has 0 radical (unpaired) electrons. The number of nitrogens with zero attached hydrogens (tertiary/aromatic N) is 2. The van der Waals surface area contributed by atoms with Gasteiger partial charge in [-0.25, -0.2) is 4.98 Å². The highest BCUT2D eigenvalue weighted by molar-refractivity contribution is 7.17. The summed E-state index contributed by atoms with van der Waals surface area (Å²) in [7, 11) is 0. The van der Waals surface area contributed by atoms with Crippen LogP contribution >= 0.6 is 22.9 Å². The fraction of sp³-hybridized carbons (Fsp3) is 0. The van der Waals surface area contributed by atoms with Crippen molar-refractivity contribution in [1.29, 1.82) is 0 Å². The number of benzene rings is 2. The summed E-state index contributed by atoms with van der Waals surface area (Å²) in [4.78, 5) is 9.49. The molecule has 0 aliphatic rings. The Bertz CT molecular complexity index is 1020. The average molecular weight is 354 g/mol. The molecule has 0 aliphatic heterocycles. The van der Waals surface area contributed by atoms with Crippen molar-refractivity contribution < 1.29 is 5.11 Å². The number of aromatic hydroxyl groups is 1. The van der Waals surface area contributed by atoms with E-state index in [9.17, 15) is 5.11 Å². The Morgan fingerprint density at radius 1 is 1.00 bits per heavy atom. The Hall–Kier alpha value is -2.63. The van der Waals surface area contributed by atoms with Crippen molar-refractivity contribution in [3.63, 3.8) is 0 Å². The summed E-state index contributed by atoms with van der Waals surface area (Å²) < 4.78 is 0. The fourth-order valence-corrected chi connectivity index (χ4v) is 3.72. The van der Waals surface area contributed by atoms with Gasteiger partial charge in [-0.05, 0) is 29.3 Å². The third-order valence-electron chi connectivity index (χ3n) is 3.60. The first-order chi connectivity index (χ1) is 11.7. The molecule has 0 fully saturated rings. The monoisotopic (exact) mass is 353 g/mol. The number of anilines is 2. The lowest BCUT2D eigenvalue weighted by Gasteiger charge is -2.09. The van der Waals surface area contributed by atoms with Gasteiger partial charge in [-0.2, -0.15) is 4.98 Å². The van der Waals surface area contributed by atoms with E-state index in [4.69, 9.17) is 11.6 Å². The zero-order valence-electron chi connectivity index (χ0n) is 12.4. The highest BCUT2D eigenvalue weighted by Crippen LogP contribution is 2.38. The van der Waals surface area contributed by atoms with Gasteiger partial charge in [-0.1, -0.05) is 36.4 Å². The first-order valence-electron chi connectivity index (χ1n) is 7.27. The molecule has 0 unspecified atom stereocenters. The lowest BCUT2D eigenvalue weighted by atomic mass is 10.1. The standard InChI is InChI=1S/C18H12ClN3OS/c19-18-21-16(20-12-7-4-8-13(23)9-12)15-14(10-24-17(15)22-18)11-5-2-1-3-6-11/h1-10,23H,(H,20,21,22). The summed E-state index contributed by atoms with van der Waals surface area (Å²) in [6, 6.07) is 17.0. The van der Waals surface area contributed by atoms with Crippen molar-refractivity contribution in [2.24, 2.45) is 0 Å². The van der Waals surface area contributed by atoms with Gasteiger partial charge in [0.1, 0.15) is 16.4 Å². The minimum absolute atomic E-state index is 0.185. The summed E-state index contributed by atoms with van der Waals surface area (Å²) >= 11 is 7.60. The molecule has 0 bridgehead atoms. The second-order valence-electron chi connectivity index (χ2n) is 5.21. The van der Waals surface area contributed by atoms with E-state index in [2.05, 4.69) is 20.7 Å². The summed E-state index contributed by atoms with van der Waals surface area (Å²) in [6.45, 7) is 0. The van der Waals surface area contributed by atoms with Crippen LogP contribution in [0.3, 0.4) is 0 Å². The van der Waals surface area contributed by atoms with Crippen LogP contribution in [0.15, 0.2) is 60.0 Å². The van der Waals surface area contributed by atoms with Crippen LogP contribution in [0, 0.1) is 0 Å². The van der Waals surface area contributed by atoms with E-state index < -0.39 is 0 Å². The molecule has 0 amide bonds. The van der Waals surface area contributed by atoms with Crippen molar-refractivity contribution in [3.8, 4) is 16.9 Å². The lowest BCUT2D eigenvalue weighted by molar-refractivity contribution is 0.475. The minimum atomic E-state index is 0.185. The summed E-state index contributed by atoms with van der Waals surface area (Å²) in [5.74, 6) is 0.806. The SMILES string of the molecule is Oc1cccc(Nc2nc(Cl)nc3scc(-c4ccccc4)c23)c1. The van der Waals surface area contributed by atoms with Gasteiger partial charge in [-0.3, -0.25) is 0 Å². The van der Waals surface area contributed by atoms with E-state index in [0.717, 1.165) is 27.0 Å². The van der Waals surface area contributed by atoms with Crippen LogP contribution in [0.1, 0.15) is 0 Å². The summed E-state index contributed by atoms with van der Waals surface area (Å²) in [6.07, 6.45) is 0. The van der Waals surface area contributed by atoms with Gasteiger partial charge in [0.2, 0.25) is 5.28 Å². The van der Waals surface area contributed by atoms with E-state index in [-0.39, 0.29) is 11.0 Å². The molecule has 4 rings (SSSR count). The van der Waals surface area contributed by atoms with Crippen LogP contribution in [0.2, 0.25) is 5.28 Å². The van der Waals surface area contributed by atoms with E-state index in [1.807, 2.05) is 36.4 Å². The molecule has 0 atom stereocenters. The van der Waals surface area contributed by atoms with Gasteiger partial charge >= 0.3 is 0 Å². The van der Waals surface area contributed by atoms with Crippen LogP contribution in [-0.4, -0.2) is 15.1 Å². The van der Waals surface area contributed by atoms with Crippen LogP contribution in [0.4, 0.5) is 11.5 Å². The van der Waals surface area contributed by atoms with Gasteiger partial charge < -0.3 is 10.4 Å². The van der Waals surface area contributed by atoms with Gasteiger partial charge in [0.25, 0.3) is 0 Å². The Kier molecular flexibility index (Phi) is 3.80. The van der Waals surface area contributed by atoms with Crippen LogP contribution in [0.25, 0.3) is 21.3 Å². The maximum Gasteiger partial charge on any atom is 0.225 e. The van der Waals surface area contributed by atoms with E-state index in [1.54, 1.807) is 18.2 Å². The molecule has 0 saturated heterocycles. The van der Waals surface area contributed by atoms with Gasteiger partial charge in [0.05, 0.1) is 5.39 Å². The maximum absolute atomic E-state index is 9.65. The fourth-order valence-electron chi connectivity index (χ4n) is 2.56. The molecule has 4 aromatic rings. The Balaban J connectivity index is 1.89. The molecular weight excluding hydrogens is 342 g/mol. The molecule has 2 N–H and O–H groups in total. The maximum atomic E-state index is 9.65. The summed E-state index contributed by atoms with van der Waals surface area (Å²) in [5.41, 5.74) is 2.87. The van der Waals surface area contributed by atoms with Crippen LogP contribution in [-0.2, 0) is 0 Å². The largest absolute Gasteiger partial charge is 0.508 e. The zero-order chi connectivity index (χ0) is 16.5. The highest BCUT2D eigenvalue weighted by Gasteiger charge is 2.15. The van der Waals surface area contributed by atoms with Crippen molar-refractivity contribution in [2.75, 3.05) is 5.32 Å². The van der Waals surface area contributed by atoms with Gasteiger partial charge in [0, 0.05) is 22.7 Å². The predicted molar refractivity (Wildman–Crippen MR) is 99.3 cm³/mol. The number of fused-ring (bicyclic) bond motifs is 1. The number of phenols is 1. The van der Waals surface area contributed by atoms with E-state index in [1.165, 1.54) is 11.3 Å². The van der Waals surface area contributed by atoms with Crippen molar-refractivity contribution in [2.45, 2.75) is 0 Å². The van der Waals surface area contributed by atoms with Crippen LogP contribution in [0.5, 0.6) is 5.75 Å². The van der Waals surface area contributed by atoms with Crippen molar-refractivity contribution >= 4 is 44.7 Å². The molecule has 2 heterocycles. The molecule has 0 saturated carbocycles. The zero-order valence-corrected chi connectivity index (χ0v) is 14.0. The first kappa shape index (κ1) is 14.9. The second-order valence-corrected chi connectivity index (χ2v) is 6.41. The first-order valence-corrected chi connectivity index (χ1v) is 8.53. The van der Waals surface area contributed by atoms with Gasteiger partial charge in [0.15, 0.2) is 0 Å². The number of hydrogen-bond acceptors (Lipinski definition) is 5. The summed E-state index contributed by atoms with van der Waals surface area (Å²) in [5, 5.41) is 16.0. The van der Waals surface area contributed by atoms with E-state index >= 15 is 0 Å². The Labute approximate surface area is 147 Å². The van der Waals surface area contributed by atoms with Gasteiger partial charge in [-0.15, -0.1) is 11.3 Å². The molecule has 0 spiro atoms. The molecule has 6 heteroatoms. The number of aromatic nitrogens is 2. The lowest BCUT2D eigenvalue weighted by Crippen LogP contribution is -1.96. The molecule has 2 aromatic carbocycles. The Morgan fingerprint density at radius 2 is 1.83 bits per heavy atom. The molecule has 24 heavy (non-hydrogen) atoms. The molecule has 4 nitrogen and oxygen atoms in total. The minimum Gasteiger partial charge on any atom is -0.508 e. The number of phenolic OH excluding ortho intramolecular Hbond substituents is 1. The molecule has 2 aromatic heterocycles. The quantitative estimate of drug-likeness (QED) is 0.480. The average Bonchev–Trinajstić information content (AvgIpc) is 2.99. The predicted octanol–water partition coefficient (Wildman–Crippen LogP) is 5.46. The number of thiophene rings is 1. The Morgan fingerprint density at radius 3 is 2.62 bits per heavy atom. The van der Waals surface area contributed by atoms with Crippen molar-refractivity contribution in [3.05, 3.63) is 65.3 Å². The van der Waals surface area contributed by atoms with Crippen molar-refractivity contribution in [1.82, 2.24) is 9.97 Å². The van der Waals surface area contributed by atoms with Crippen LogP contribution < -0.4 is 5.32 Å². The normalized spacial score (nSPS) is 10.9. The molecule has 0 aliphatic carbocycles. The number of rotatable bonds is 3. The number of nitrogens with one attached hydrogen (secondary N) is 1. The third-order valence-corrected chi connectivity index (χ3v) is 4.64. The smallest absolute Gasteiger partial charge is 0.225 e. The number of halogens is 1. The topological polar surface area (TPSA) is 58.0 Å². The number of hydrogen-bond donors (Lipinski definition) is 2.